The molecule has 1 aromatic rings. The van der Waals surface area contributed by atoms with Gasteiger partial charge in [0.2, 0.25) is 0 Å². The minimum atomic E-state index is 0.578. The lowest BCUT2D eigenvalue weighted by Crippen LogP contribution is -1.99. The minimum absolute atomic E-state index is 0.578. The number of nitrogens with one attached hydrogen (secondary N) is 1. The SMILES string of the molecule is C=C(CC)Nc1cccc(CN)c1. The average Bonchev–Trinajstić information content (AvgIpc) is 2.18. The highest BCUT2D eigenvalue weighted by Gasteiger charge is 1.94. The van der Waals surface area contributed by atoms with Crippen LogP contribution in [0, 0.1) is 0 Å². The topological polar surface area (TPSA) is 38.0 Å². The van der Waals surface area contributed by atoms with Crippen molar-refractivity contribution in [2.24, 2.45) is 5.73 Å². The van der Waals surface area contributed by atoms with Gasteiger partial charge in [0.15, 0.2) is 0 Å². The molecule has 0 saturated heterocycles. The summed E-state index contributed by atoms with van der Waals surface area (Å²) in [6.45, 7) is 6.53. The number of nitrogens with two attached hydrogens (primary N) is 1. The van der Waals surface area contributed by atoms with Crippen LogP contribution in [-0.4, -0.2) is 0 Å². The van der Waals surface area contributed by atoms with Crippen LogP contribution >= 0.6 is 0 Å². The summed E-state index contributed by atoms with van der Waals surface area (Å²) in [6, 6.07) is 8.06. The Labute approximate surface area is 79.5 Å². The highest BCUT2D eigenvalue weighted by Crippen LogP contribution is 2.12. The van der Waals surface area contributed by atoms with Crippen molar-refractivity contribution in [3.63, 3.8) is 0 Å². The van der Waals surface area contributed by atoms with E-state index in [1.807, 2.05) is 24.3 Å². The second kappa shape index (κ2) is 4.67. The van der Waals surface area contributed by atoms with Crippen molar-refractivity contribution in [2.75, 3.05) is 5.32 Å². The molecule has 0 heterocycles. The minimum Gasteiger partial charge on any atom is -0.359 e. The Morgan fingerprint density at radius 1 is 1.54 bits per heavy atom. The van der Waals surface area contributed by atoms with Gasteiger partial charge in [-0.1, -0.05) is 25.6 Å². The third-order valence-corrected chi connectivity index (χ3v) is 1.91. The predicted molar refractivity (Wildman–Crippen MR) is 57.4 cm³/mol. The van der Waals surface area contributed by atoms with Crippen LogP contribution in [-0.2, 0) is 6.54 Å². The second-order valence-electron chi connectivity index (χ2n) is 2.99. The summed E-state index contributed by atoms with van der Waals surface area (Å²) in [5.74, 6) is 0. The van der Waals surface area contributed by atoms with Crippen molar-refractivity contribution in [3.05, 3.63) is 42.1 Å². The molecular weight excluding hydrogens is 160 g/mol. The Kier molecular flexibility index (Phi) is 3.53. The zero-order valence-corrected chi connectivity index (χ0v) is 8.01. The van der Waals surface area contributed by atoms with Crippen LogP contribution in [0.5, 0.6) is 0 Å². The molecule has 0 atom stereocenters. The number of rotatable bonds is 4. The molecule has 0 aliphatic rings. The van der Waals surface area contributed by atoms with Crippen molar-refractivity contribution in [3.8, 4) is 0 Å². The van der Waals surface area contributed by atoms with Gasteiger partial charge in [0.05, 0.1) is 0 Å². The summed E-state index contributed by atoms with van der Waals surface area (Å²) in [5.41, 5.74) is 8.75. The van der Waals surface area contributed by atoms with Gasteiger partial charge in [-0.2, -0.15) is 0 Å². The lowest BCUT2D eigenvalue weighted by molar-refractivity contribution is 1.07. The van der Waals surface area contributed by atoms with E-state index in [0.717, 1.165) is 23.4 Å². The van der Waals surface area contributed by atoms with E-state index in [-0.39, 0.29) is 0 Å². The van der Waals surface area contributed by atoms with Gasteiger partial charge in [-0.3, -0.25) is 0 Å². The molecule has 1 aromatic carbocycles. The molecule has 1 rings (SSSR count). The molecule has 0 spiro atoms. The molecule has 0 radical (unpaired) electrons. The molecule has 0 saturated carbocycles. The van der Waals surface area contributed by atoms with Gasteiger partial charge >= 0.3 is 0 Å². The fraction of sp³-hybridized carbons (Fsp3) is 0.273. The van der Waals surface area contributed by atoms with Crippen LogP contribution < -0.4 is 11.1 Å². The standard InChI is InChI=1S/C11H16N2/c1-3-9(2)13-11-6-4-5-10(7-11)8-12/h4-7,13H,2-3,8,12H2,1H3. The van der Waals surface area contributed by atoms with Crippen LogP contribution in [0.4, 0.5) is 5.69 Å². The van der Waals surface area contributed by atoms with E-state index in [4.69, 9.17) is 5.73 Å². The smallest absolute Gasteiger partial charge is 0.0384 e. The van der Waals surface area contributed by atoms with Crippen molar-refractivity contribution in [1.82, 2.24) is 0 Å². The largest absolute Gasteiger partial charge is 0.359 e. The van der Waals surface area contributed by atoms with Gasteiger partial charge in [-0.25, -0.2) is 0 Å². The maximum Gasteiger partial charge on any atom is 0.0384 e. The average molecular weight is 176 g/mol. The monoisotopic (exact) mass is 176 g/mol. The van der Waals surface area contributed by atoms with Crippen LogP contribution in [0.3, 0.4) is 0 Å². The number of allylic oxidation sites excluding steroid dienone is 1. The van der Waals surface area contributed by atoms with Crippen molar-refractivity contribution < 1.29 is 0 Å². The zero-order chi connectivity index (χ0) is 9.68. The molecular formula is C11H16N2. The lowest BCUT2D eigenvalue weighted by Gasteiger charge is -2.08. The highest BCUT2D eigenvalue weighted by molar-refractivity contribution is 5.49. The number of benzene rings is 1. The molecule has 70 valence electrons. The number of hydrogen-bond donors (Lipinski definition) is 2. The summed E-state index contributed by atoms with van der Waals surface area (Å²) in [5, 5.41) is 3.22. The van der Waals surface area contributed by atoms with Gasteiger partial charge in [0.25, 0.3) is 0 Å². The van der Waals surface area contributed by atoms with Crippen LogP contribution in [0.25, 0.3) is 0 Å². The summed E-state index contributed by atoms with van der Waals surface area (Å²) < 4.78 is 0. The summed E-state index contributed by atoms with van der Waals surface area (Å²) in [6.07, 6.45) is 0.937. The van der Waals surface area contributed by atoms with Gasteiger partial charge < -0.3 is 11.1 Å². The highest BCUT2D eigenvalue weighted by atomic mass is 14.9. The van der Waals surface area contributed by atoms with Crippen LogP contribution in [0.1, 0.15) is 18.9 Å². The van der Waals surface area contributed by atoms with Gasteiger partial charge in [0, 0.05) is 17.9 Å². The van der Waals surface area contributed by atoms with Crippen LogP contribution in [0.2, 0.25) is 0 Å². The molecule has 0 amide bonds. The van der Waals surface area contributed by atoms with Crippen LogP contribution in [0.15, 0.2) is 36.5 Å². The lowest BCUT2D eigenvalue weighted by atomic mass is 10.2. The zero-order valence-electron chi connectivity index (χ0n) is 8.01. The van der Waals surface area contributed by atoms with E-state index in [1.54, 1.807) is 0 Å². The summed E-state index contributed by atoms with van der Waals surface area (Å²) in [4.78, 5) is 0. The molecule has 13 heavy (non-hydrogen) atoms. The van der Waals surface area contributed by atoms with E-state index < -0.39 is 0 Å². The molecule has 2 nitrogen and oxygen atoms in total. The first-order valence-electron chi connectivity index (χ1n) is 4.50. The molecule has 0 aromatic heterocycles. The number of hydrogen-bond acceptors (Lipinski definition) is 2. The molecule has 0 unspecified atom stereocenters. The van der Waals surface area contributed by atoms with E-state index in [2.05, 4.69) is 18.8 Å². The van der Waals surface area contributed by atoms with Crippen molar-refractivity contribution in [2.45, 2.75) is 19.9 Å². The third-order valence-electron chi connectivity index (χ3n) is 1.91. The fourth-order valence-corrected chi connectivity index (χ4v) is 1.07. The first-order valence-corrected chi connectivity index (χ1v) is 4.50. The Balaban J connectivity index is 2.71. The van der Waals surface area contributed by atoms with E-state index >= 15 is 0 Å². The maximum atomic E-state index is 5.53. The van der Waals surface area contributed by atoms with E-state index in [1.165, 1.54) is 0 Å². The second-order valence-corrected chi connectivity index (χ2v) is 2.99. The summed E-state index contributed by atoms with van der Waals surface area (Å²) in [7, 11) is 0. The Bertz CT molecular complexity index is 292. The van der Waals surface area contributed by atoms with E-state index in [0.29, 0.717) is 6.54 Å². The van der Waals surface area contributed by atoms with E-state index in [9.17, 15) is 0 Å². The first-order chi connectivity index (χ1) is 6.26. The Morgan fingerprint density at radius 2 is 2.31 bits per heavy atom. The predicted octanol–water partition coefficient (Wildman–Crippen LogP) is 2.48. The molecule has 0 aliphatic heterocycles. The Morgan fingerprint density at radius 3 is 2.92 bits per heavy atom. The molecule has 0 aliphatic carbocycles. The fourth-order valence-electron chi connectivity index (χ4n) is 1.07. The maximum absolute atomic E-state index is 5.53. The summed E-state index contributed by atoms with van der Waals surface area (Å²) >= 11 is 0. The quantitative estimate of drug-likeness (QED) is 0.739. The normalized spacial score (nSPS) is 9.69. The molecule has 0 bridgehead atoms. The van der Waals surface area contributed by atoms with Gasteiger partial charge in [-0.05, 0) is 24.1 Å². The van der Waals surface area contributed by atoms with Crippen molar-refractivity contribution in [1.29, 1.82) is 0 Å². The number of anilines is 1. The first kappa shape index (κ1) is 9.81. The molecule has 3 N–H and O–H groups in total. The van der Waals surface area contributed by atoms with Crippen molar-refractivity contribution >= 4 is 5.69 Å². The third kappa shape index (κ3) is 2.92. The molecule has 0 fully saturated rings. The molecule has 2 heteroatoms. The van der Waals surface area contributed by atoms with Gasteiger partial charge in [-0.15, -0.1) is 0 Å². The Hall–Kier alpha value is -1.28. The van der Waals surface area contributed by atoms with Gasteiger partial charge in [0.1, 0.15) is 0 Å².